The number of nitrogens with zero attached hydrogens (tertiary/aromatic N) is 1. The number of halogens is 1. The summed E-state index contributed by atoms with van der Waals surface area (Å²) < 4.78 is 0. The minimum absolute atomic E-state index is 0.150. The Kier molecular flexibility index (Phi) is 2.61. The number of alkyl halides is 1. The Morgan fingerprint density at radius 3 is 2.43 bits per heavy atom. The van der Waals surface area contributed by atoms with Gasteiger partial charge in [0.2, 0.25) is 0 Å². The third kappa shape index (κ3) is 2.35. The maximum absolute atomic E-state index is 10.1. The lowest BCUT2D eigenvalue weighted by Gasteiger charge is -1.85. The van der Waals surface area contributed by atoms with Crippen LogP contribution in [0.3, 0.4) is 0 Å². The van der Waals surface area contributed by atoms with Crippen molar-refractivity contribution in [3.8, 4) is 6.07 Å². The lowest BCUT2D eigenvalue weighted by molar-refractivity contribution is -0.115. The summed E-state index contributed by atoms with van der Waals surface area (Å²) in [5.74, 6) is -0.150. The summed E-state index contributed by atoms with van der Waals surface area (Å²) in [5.41, 5.74) is 0. The van der Waals surface area contributed by atoms with Crippen molar-refractivity contribution in [1.82, 2.24) is 0 Å². The van der Waals surface area contributed by atoms with Crippen LogP contribution in [0.2, 0.25) is 0 Å². The summed E-state index contributed by atoms with van der Waals surface area (Å²) in [6, 6.07) is 1.73. The normalized spacial score (nSPS) is 12.1. The van der Waals surface area contributed by atoms with Crippen LogP contribution in [0.15, 0.2) is 0 Å². The second-order valence-electron chi connectivity index (χ2n) is 1.10. The fraction of sp³-hybridized carbons (Fsp3) is 0.500. The summed E-state index contributed by atoms with van der Waals surface area (Å²) in [6.07, 6.45) is 0. The van der Waals surface area contributed by atoms with Gasteiger partial charge in [-0.15, -0.1) is 0 Å². The van der Waals surface area contributed by atoms with Gasteiger partial charge in [0.1, 0.15) is 0 Å². The van der Waals surface area contributed by atoms with E-state index in [2.05, 4.69) is 15.9 Å². The Hall–Kier alpha value is -0.360. The van der Waals surface area contributed by atoms with Crippen molar-refractivity contribution in [3.05, 3.63) is 0 Å². The van der Waals surface area contributed by atoms with Crippen LogP contribution in [0, 0.1) is 11.3 Å². The van der Waals surface area contributed by atoms with Crippen molar-refractivity contribution in [2.45, 2.75) is 11.8 Å². The quantitative estimate of drug-likeness (QED) is 0.536. The zero-order chi connectivity index (χ0) is 5.86. The van der Waals surface area contributed by atoms with Crippen LogP contribution in [-0.2, 0) is 4.79 Å². The zero-order valence-corrected chi connectivity index (χ0v) is 5.40. The summed E-state index contributed by atoms with van der Waals surface area (Å²) in [5, 5.41) is 7.99. The van der Waals surface area contributed by atoms with Crippen molar-refractivity contribution in [1.29, 1.82) is 5.26 Å². The molecule has 0 radical (unpaired) electrons. The van der Waals surface area contributed by atoms with E-state index in [-0.39, 0.29) is 5.78 Å². The molecule has 0 fully saturated rings. The molecule has 0 saturated carbocycles. The third-order valence-corrected chi connectivity index (χ3v) is 1.32. The number of hydrogen-bond acceptors (Lipinski definition) is 2. The topological polar surface area (TPSA) is 40.9 Å². The Morgan fingerprint density at radius 2 is 2.43 bits per heavy atom. The molecule has 0 aromatic heterocycles. The van der Waals surface area contributed by atoms with Gasteiger partial charge in [0.05, 0.1) is 6.07 Å². The van der Waals surface area contributed by atoms with Gasteiger partial charge in [0, 0.05) is 0 Å². The summed E-state index contributed by atoms with van der Waals surface area (Å²) in [4.78, 5) is 9.49. The first-order valence-corrected chi connectivity index (χ1v) is 2.64. The van der Waals surface area contributed by atoms with Crippen LogP contribution in [-0.4, -0.2) is 10.6 Å². The Morgan fingerprint density at radius 1 is 2.00 bits per heavy atom. The van der Waals surface area contributed by atoms with Gasteiger partial charge in [-0.3, -0.25) is 4.79 Å². The number of rotatable bonds is 1. The van der Waals surface area contributed by atoms with Crippen molar-refractivity contribution >= 4 is 21.7 Å². The molecule has 0 aromatic rings. The van der Waals surface area contributed by atoms with Crippen molar-refractivity contribution in [2.24, 2.45) is 0 Å². The molecule has 1 atom stereocenters. The number of hydrogen-bond donors (Lipinski definition) is 0. The van der Waals surface area contributed by atoms with Gasteiger partial charge < -0.3 is 0 Å². The maximum atomic E-state index is 10.1. The monoisotopic (exact) mass is 161 g/mol. The van der Waals surface area contributed by atoms with E-state index in [0.717, 1.165) is 0 Å². The van der Waals surface area contributed by atoms with E-state index in [4.69, 9.17) is 5.26 Å². The minimum Gasteiger partial charge on any atom is -0.298 e. The molecule has 0 saturated heterocycles. The second-order valence-corrected chi connectivity index (χ2v) is 2.02. The Labute approximate surface area is 50.3 Å². The van der Waals surface area contributed by atoms with Crippen LogP contribution in [0.4, 0.5) is 0 Å². The van der Waals surface area contributed by atoms with E-state index in [0.29, 0.717) is 0 Å². The summed E-state index contributed by atoms with van der Waals surface area (Å²) in [7, 11) is 0. The lowest BCUT2D eigenvalue weighted by Crippen LogP contribution is -2.04. The van der Waals surface area contributed by atoms with E-state index in [1.54, 1.807) is 6.07 Å². The van der Waals surface area contributed by atoms with Gasteiger partial charge in [-0.2, -0.15) is 5.26 Å². The molecule has 38 valence electrons. The van der Waals surface area contributed by atoms with Crippen LogP contribution in [0.5, 0.6) is 0 Å². The molecule has 0 bridgehead atoms. The van der Waals surface area contributed by atoms with Crippen molar-refractivity contribution in [3.63, 3.8) is 0 Å². The number of Topliss-reactive ketones (excluding diaryl/α,β-unsaturated/α-hetero) is 1. The van der Waals surface area contributed by atoms with Gasteiger partial charge in [-0.1, -0.05) is 15.9 Å². The number of nitriles is 1. The smallest absolute Gasteiger partial charge is 0.159 e. The van der Waals surface area contributed by atoms with Crippen LogP contribution in [0.1, 0.15) is 6.92 Å². The van der Waals surface area contributed by atoms with Crippen molar-refractivity contribution < 1.29 is 4.79 Å². The van der Waals surface area contributed by atoms with E-state index in [1.165, 1.54) is 6.92 Å². The standard InChI is InChI=1S/C4H4BrNO/c1-3(7)4(5)2-6/h4H,1H3/t4-/m1/s1. The molecule has 3 heteroatoms. The predicted octanol–water partition coefficient (Wildman–Crippen LogP) is 0.862. The average Bonchev–Trinajstić information content (AvgIpc) is 1.65. The molecular weight excluding hydrogens is 158 g/mol. The molecule has 0 aliphatic rings. The first-order valence-electron chi connectivity index (χ1n) is 1.72. The fourth-order valence-electron chi connectivity index (χ4n) is 0.0909. The first kappa shape index (κ1) is 6.64. The predicted molar refractivity (Wildman–Crippen MR) is 29.0 cm³/mol. The van der Waals surface area contributed by atoms with Gasteiger partial charge in [0.25, 0.3) is 0 Å². The molecule has 0 aromatic carbocycles. The van der Waals surface area contributed by atoms with E-state index in [9.17, 15) is 4.79 Å². The Bertz CT molecular complexity index is 115. The highest BCUT2D eigenvalue weighted by Gasteiger charge is 2.04. The fourth-order valence-corrected chi connectivity index (χ4v) is 0.0909. The molecule has 0 aliphatic carbocycles. The van der Waals surface area contributed by atoms with Crippen LogP contribution in [0.25, 0.3) is 0 Å². The molecule has 0 N–H and O–H groups in total. The van der Waals surface area contributed by atoms with Gasteiger partial charge in [-0.25, -0.2) is 0 Å². The van der Waals surface area contributed by atoms with E-state index >= 15 is 0 Å². The molecule has 0 spiro atoms. The van der Waals surface area contributed by atoms with E-state index in [1.807, 2.05) is 0 Å². The molecule has 0 amide bonds. The minimum atomic E-state index is -0.618. The highest BCUT2D eigenvalue weighted by molar-refractivity contribution is 9.10. The SMILES string of the molecule is CC(=O)[C@H](Br)C#N. The molecule has 0 rings (SSSR count). The second kappa shape index (κ2) is 2.75. The highest BCUT2D eigenvalue weighted by Crippen LogP contribution is 1.96. The summed E-state index contributed by atoms with van der Waals surface area (Å²) >= 11 is 2.83. The molecule has 7 heavy (non-hydrogen) atoms. The van der Waals surface area contributed by atoms with Gasteiger partial charge >= 0.3 is 0 Å². The maximum Gasteiger partial charge on any atom is 0.159 e. The lowest BCUT2D eigenvalue weighted by atomic mass is 10.3. The zero-order valence-electron chi connectivity index (χ0n) is 3.81. The van der Waals surface area contributed by atoms with Crippen LogP contribution < -0.4 is 0 Å². The molecule has 0 heterocycles. The summed E-state index contributed by atoms with van der Waals surface area (Å²) in [6.45, 7) is 1.36. The number of carbonyl (C=O) groups is 1. The first-order chi connectivity index (χ1) is 3.18. The van der Waals surface area contributed by atoms with Gasteiger partial charge in [-0.05, 0) is 6.92 Å². The highest BCUT2D eigenvalue weighted by atomic mass is 79.9. The molecule has 0 aliphatic heterocycles. The van der Waals surface area contributed by atoms with Gasteiger partial charge in [0.15, 0.2) is 10.6 Å². The van der Waals surface area contributed by atoms with Crippen molar-refractivity contribution in [2.75, 3.05) is 0 Å². The average molecular weight is 162 g/mol. The molecular formula is C4H4BrNO. The Balaban J connectivity index is 3.63. The molecule has 2 nitrogen and oxygen atoms in total. The number of ketones is 1. The van der Waals surface area contributed by atoms with Crippen LogP contribution >= 0.6 is 15.9 Å². The number of carbonyl (C=O) groups excluding carboxylic acids is 1. The third-order valence-electron chi connectivity index (χ3n) is 0.470. The molecule has 0 unspecified atom stereocenters. The van der Waals surface area contributed by atoms with E-state index < -0.39 is 4.83 Å². The largest absolute Gasteiger partial charge is 0.298 e.